The first-order valence-electron chi connectivity index (χ1n) is 6.37. The lowest BCUT2D eigenvalue weighted by Gasteiger charge is -2.27. The minimum Gasteiger partial charge on any atom is -0.376 e. The first-order chi connectivity index (χ1) is 8.33. The molecule has 0 N–H and O–H groups in total. The Morgan fingerprint density at radius 3 is 2.94 bits per heavy atom. The van der Waals surface area contributed by atoms with Gasteiger partial charge in [0.2, 0.25) is 0 Å². The zero-order chi connectivity index (χ0) is 12.1. The lowest BCUT2D eigenvalue weighted by molar-refractivity contribution is -0.105. The highest BCUT2D eigenvalue weighted by Gasteiger charge is 2.22. The van der Waals surface area contributed by atoms with Gasteiger partial charge in [0.1, 0.15) is 6.29 Å². The van der Waals surface area contributed by atoms with Crippen molar-refractivity contribution in [2.24, 2.45) is 0 Å². The maximum absolute atomic E-state index is 10.6. The van der Waals surface area contributed by atoms with Crippen LogP contribution in [0.25, 0.3) is 0 Å². The molecule has 94 valence electrons. The first-order valence-corrected chi connectivity index (χ1v) is 7.25. The number of hydrogen-bond donors (Lipinski definition) is 0. The Morgan fingerprint density at radius 1 is 1.41 bits per heavy atom. The Morgan fingerprint density at radius 2 is 2.29 bits per heavy atom. The summed E-state index contributed by atoms with van der Waals surface area (Å²) in [4.78, 5) is 12.1. The van der Waals surface area contributed by atoms with E-state index in [4.69, 9.17) is 4.74 Å². The zero-order valence-corrected chi connectivity index (χ0v) is 11.2. The van der Waals surface area contributed by atoms with Gasteiger partial charge in [-0.25, -0.2) is 0 Å². The number of thioether (sulfide) groups is 1. The van der Waals surface area contributed by atoms with Gasteiger partial charge in [-0.15, -0.1) is 11.8 Å². The summed E-state index contributed by atoms with van der Waals surface area (Å²) in [5.41, 5.74) is 0.975. The second-order valence-electron chi connectivity index (χ2n) is 4.67. The third-order valence-electron chi connectivity index (χ3n) is 3.47. The molecular weight excluding hydrogens is 232 g/mol. The molecule has 2 nitrogen and oxygen atoms in total. The normalized spacial score (nSPS) is 29.5. The number of carbonyl (C=O) groups excluding carboxylic acids is 1. The summed E-state index contributed by atoms with van der Waals surface area (Å²) in [6.45, 7) is 0. The molecule has 2 aliphatic carbocycles. The van der Waals surface area contributed by atoms with Crippen LogP contribution in [0.2, 0.25) is 0 Å². The molecule has 0 bridgehead atoms. The van der Waals surface area contributed by atoms with Gasteiger partial charge in [-0.3, -0.25) is 4.79 Å². The minimum atomic E-state index is 0.310. The summed E-state index contributed by atoms with van der Waals surface area (Å²) in [6.07, 6.45) is 12.4. The van der Waals surface area contributed by atoms with E-state index in [1.807, 2.05) is 11.8 Å². The molecule has 0 heterocycles. The van der Waals surface area contributed by atoms with Gasteiger partial charge in [-0.05, 0) is 44.1 Å². The highest BCUT2D eigenvalue weighted by Crippen LogP contribution is 2.37. The van der Waals surface area contributed by atoms with Crippen LogP contribution < -0.4 is 0 Å². The van der Waals surface area contributed by atoms with Crippen molar-refractivity contribution in [3.63, 3.8) is 0 Å². The molecule has 0 fully saturated rings. The topological polar surface area (TPSA) is 26.3 Å². The third-order valence-corrected chi connectivity index (χ3v) is 4.93. The van der Waals surface area contributed by atoms with E-state index in [1.54, 1.807) is 7.11 Å². The molecule has 0 amide bonds. The van der Waals surface area contributed by atoms with Gasteiger partial charge >= 0.3 is 0 Å². The molecule has 0 aromatic carbocycles. The summed E-state index contributed by atoms with van der Waals surface area (Å²) in [6, 6.07) is 0. The van der Waals surface area contributed by atoms with Gasteiger partial charge in [0, 0.05) is 17.3 Å². The summed E-state index contributed by atoms with van der Waals surface area (Å²) >= 11 is 1.96. The Bertz CT molecular complexity index is 333. The van der Waals surface area contributed by atoms with Crippen molar-refractivity contribution in [2.75, 3.05) is 7.11 Å². The number of rotatable bonds is 4. The second-order valence-corrected chi connectivity index (χ2v) is 6.05. The lowest BCUT2D eigenvalue weighted by atomic mass is 10.0. The molecule has 3 heteroatoms. The second kappa shape index (κ2) is 6.41. The maximum Gasteiger partial charge on any atom is 0.145 e. The molecule has 0 aliphatic heterocycles. The summed E-state index contributed by atoms with van der Waals surface area (Å²) in [7, 11) is 1.80. The summed E-state index contributed by atoms with van der Waals surface area (Å²) < 4.78 is 5.53. The number of ether oxygens (including phenoxy) is 1. The molecule has 0 aromatic rings. The monoisotopic (exact) mass is 252 g/mol. The van der Waals surface area contributed by atoms with Crippen molar-refractivity contribution < 1.29 is 9.53 Å². The maximum atomic E-state index is 10.6. The third kappa shape index (κ3) is 3.46. The van der Waals surface area contributed by atoms with Gasteiger partial charge in [-0.1, -0.05) is 12.2 Å². The van der Waals surface area contributed by atoms with Crippen LogP contribution >= 0.6 is 11.8 Å². The Labute approximate surface area is 107 Å². The molecular formula is C14H20O2S. The highest BCUT2D eigenvalue weighted by molar-refractivity contribution is 8.03. The number of hydrogen-bond acceptors (Lipinski definition) is 3. The van der Waals surface area contributed by atoms with E-state index in [9.17, 15) is 4.79 Å². The van der Waals surface area contributed by atoms with Crippen molar-refractivity contribution in [1.29, 1.82) is 0 Å². The highest BCUT2D eigenvalue weighted by atomic mass is 32.2. The molecule has 1 unspecified atom stereocenters. The van der Waals surface area contributed by atoms with Gasteiger partial charge in [0.05, 0.1) is 6.10 Å². The molecule has 2 rings (SSSR count). The molecule has 0 spiro atoms. The Hall–Kier alpha value is -0.540. The Balaban J connectivity index is 1.91. The number of carbonyl (C=O) groups is 1. The van der Waals surface area contributed by atoms with Crippen molar-refractivity contribution >= 4 is 18.0 Å². The van der Waals surface area contributed by atoms with Crippen LogP contribution in [-0.4, -0.2) is 24.7 Å². The van der Waals surface area contributed by atoms with Gasteiger partial charge in [0.25, 0.3) is 0 Å². The van der Waals surface area contributed by atoms with Crippen LogP contribution in [0.3, 0.4) is 0 Å². The van der Waals surface area contributed by atoms with E-state index in [0.717, 1.165) is 37.5 Å². The van der Waals surface area contributed by atoms with E-state index in [1.165, 1.54) is 17.7 Å². The lowest BCUT2D eigenvalue weighted by Crippen LogP contribution is -2.18. The SMILES string of the molecule is COC1CCCC=C1S[C@@H]1CC=C(C=O)CC1. The molecule has 0 aromatic heterocycles. The first kappa shape index (κ1) is 12.9. The molecule has 0 saturated carbocycles. The van der Waals surface area contributed by atoms with Crippen molar-refractivity contribution in [1.82, 2.24) is 0 Å². The fraction of sp³-hybridized carbons (Fsp3) is 0.643. The van der Waals surface area contributed by atoms with Crippen LogP contribution in [0.15, 0.2) is 22.6 Å². The summed E-state index contributed by atoms with van der Waals surface area (Å²) in [5, 5.41) is 0.626. The van der Waals surface area contributed by atoms with Crippen LogP contribution in [0.4, 0.5) is 0 Å². The van der Waals surface area contributed by atoms with E-state index >= 15 is 0 Å². The molecule has 2 aliphatic rings. The molecule has 2 atom stereocenters. The molecule has 17 heavy (non-hydrogen) atoms. The van der Waals surface area contributed by atoms with Crippen LogP contribution in [0.1, 0.15) is 38.5 Å². The van der Waals surface area contributed by atoms with Crippen LogP contribution in [0.5, 0.6) is 0 Å². The fourth-order valence-electron chi connectivity index (χ4n) is 2.42. The van der Waals surface area contributed by atoms with Gasteiger partial charge in [0.15, 0.2) is 0 Å². The number of methoxy groups -OCH3 is 1. The van der Waals surface area contributed by atoms with E-state index in [2.05, 4.69) is 12.2 Å². The van der Waals surface area contributed by atoms with Crippen molar-refractivity contribution in [3.05, 3.63) is 22.6 Å². The quantitative estimate of drug-likeness (QED) is 0.717. The Kier molecular flexibility index (Phi) is 4.86. The number of aldehydes is 1. The predicted octanol–water partition coefficient (Wildman–Crippen LogP) is 3.48. The summed E-state index contributed by atoms with van der Waals surface area (Å²) in [5.74, 6) is 0. The zero-order valence-electron chi connectivity index (χ0n) is 10.4. The van der Waals surface area contributed by atoms with Crippen LogP contribution in [0, 0.1) is 0 Å². The van der Waals surface area contributed by atoms with E-state index in [0.29, 0.717) is 11.4 Å². The van der Waals surface area contributed by atoms with Crippen LogP contribution in [-0.2, 0) is 9.53 Å². The fourth-order valence-corrected chi connectivity index (χ4v) is 3.81. The standard InChI is InChI=1S/C14H20O2S/c1-16-13-4-2-3-5-14(13)17-12-8-6-11(10-15)7-9-12/h5-6,10,12-13H,2-4,7-9H2,1H3/t12-,13?/m1/s1. The van der Waals surface area contributed by atoms with Gasteiger partial charge < -0.3 is 4.74 Å². The largest absolute Gasteiger partial charge is 0.376 e. The van der Waals surface area contributed by atoms with E-state index in [-0.39, 0.29) is 0 Å². The predicted molar refractivity (Wildman–Crippen MR) is 72.1 cm³/mol. The van der Waals surface area contributed by atoms with Gasteiger partial charge in [-0.2, -0.15) is 0 Å². The van der Waals surface area contributed by atoms with E-state index < -0.39 is 0 Å². The van der Waals surface area contributed by atoms with Crippen molar-refractivity contribution in [3.8, 4) is 0 Å². The smallest absolute Gasteiger partial charge is 0.145 e. The van der Waals surface area contributed by atoms with Crippen molar-refractivity contribution in [2.45, 2.75) is 49.9 Å². The minimum absolute atomic E-state index is 0.310. The number of allylic oxidation sites excluding steroid dienone is 3. The molecule has 0 radical (unpaired) electrons. The average Bonchev–Trinajstić information content (AvgIpc) is 2.40. The average molecular weight is 252 g/mol. The molecule has 0 saturated heterocycles.